The monoisotopic (exact) mass is 381 g/mol. The number of aryl methyl sites for hydroxylation is 1. The fourth-order valence-electron chi connectivity index (χ4n) is 2.48. The lowest BCUT2D eigenvalue weighted by molar-refractivity contribution is 0.354. The Bertz CT molecular complexity index is 643. The molecule has 2 rings (SSSR count). The van der Waals surface area contributed by atoms with Gasteiger partial charge >= 0.3 is 0 Å². The van der Waals surface area contributed by atoms with Gasteiger partial charge in [-0.25, -0.2) is 4.98 Å². The van der Waals surface area contributed by atoms with E-state index in [1.54, 1.807) is 14.2 Å². The molecule has 1 aromatic carbocycles. The van der Waals surface area contributed by atoms with Crippen molar-refractivity contribution in [3.63, 3.8) is 0 Å². The molecule has 1 aromatic heterocycles. The molecule has 1 heterocycles. The van der Waals surface area contributed by atoms with Gasteiger partial charge in [0, 0.05) is 30.0 Å². The van der Waals surface area contributed by atoms with Gasteiger partial charge in [0.1, 0.15) is 5.82 Å². The van der Waals surface area contributed by atoms with E-state index in [1.165, 1.54) is 0 Å². The average Bonchev–Trinajstić information content (AvgIpc) is 2.93. The van der Waals surface area contributed by atoms with Crippen LogP contribution < -0.4 is 14.8 Å². The number of halogens is 1. The zero-order chi connectivity index (χ0) is 16.8. The Morgan fingerprint density at radius 1 is 1.26 bits per heavy atom. The van der Waals surface area contributed by atoms with E-state index >= 15 is 0 Å². The van der Waals surface area contributed by atoms with Crippen molar-refractivity contribution in [3.05, 3.63) is 40.4 Å². The number of benzene rings is 1. The molecule has 0 aliphatic rings. The van der Waals surface area contributed by atoms with Crippen molar-refractivity contribution in [2.75, 3.05) is 20.8 Å². The number of nitrogens with zero attached hydrogens (tertiary/aromatic N) is 2. The van der Waals surface area contributed by atoms with Crippen LogP contribution in [0.2, 0.25) is 0 Å². The van der Waals surface area contributed by atoms with Crippen molar-refractivity contribution in [2.24, 2.45) is 5.92 Å². The summed E-state index contributed by atoms with van der Waals surface area (Å²) in [6.45, 7) is 6.93. The Morgan fingerprint density at radius 2 is 1.96 bits per heavy atom. The predicted molar refractivity (Wildman–Crippen MR) is 95.1 cm³/mol. The lowest BCUT2D eigenvalue weighted by atomic mass is 10.1. The molecule has 0 fully saturated rings. The molecular weight excluding hydrogens is 358 g/mol. The molecule has 0 saturated carbocycles. The quantitative estimate of drug-likeness (QED) is 0.760. The van der Waals surface area contributed by atoms with Crippen molar-refractivity contribution in [1.82, 2.24) is 14.9 Å². The summed E-state index contributed by atoms with van der Waals surface area (Å²) in [4.78, 5) is 4.26. The summed E-state index contributed by atoms with van der Waals surface area (Å²) in [6, 6.07) is 3.94. The zero-order valence-electron chi connectivity index (χ0n) is 14.1. The van der Waals surface area contributed by atoms with Gasteiger partial charge in [-0.2, -0.15) is 0 Å². The maximum absolute atomic E-state index is 5.36. The van der Waals surface area contributed by atoms with E-state index < -0.39 is 0 Å². The standard InChI is InChI=1S/C17H24BrN3O2/c1-12(11-21-6-5-20-13(21)2)9-19-10-14-7-16(22-3)17(23-4)8-15(14)18/h5-8,12,19H,9-11H2,1-4H3. The highest BCUT2D eigenvalue weighted by Crippen LogP contribution is 2.33. The van der Waals surface area contributed by atoms with Crippen LogP contribution in [0.1, 0.15) is 18.3 Å². The van der Waals surface area contributed by atoms with Crippen LogP contribution >= 0.6 is 15.9 Å². The largest absolute Gasteiger partial charge is 0.493 e. The molecule has 5 nitrogen and oxygen atoms in total. The Kier molecular flexibility index (Phi) is 6.47. The van der Waals surface area contributed by atoms with Crippen molar-refractivity contribution >= 4 is 15.9 Å². The number of ether oxygens (including phenoxy) is 2. The van der Waals surface area contributed by atoms with Gasteiger partial charge in [-0.3, -0.25) is 0 Å². The van der Waals surface area contributed by atoms with Crippen molar-refractivity contribution in [3.8, 4) is 11.5 Å². The summed E-state index contributed by atoms with van der Waals surface area (Å²) in [5, 5.41) is 3.50. The number of rotatable bonds is 8. The van der Waals surface area contributed by atoms with E-state index in [1.807, 2.05) is 31.5 Å². The first kappa shape index (κ1) is 17.8. The Labute approximate surface area is 146 Å². The van der Waals surface area contributed by atoms with Crippen LogP contribution in [0.3, 0.4) is 0 Å². The molecule has 0 aliphatic heterocycles. The molecule has 1 N–H and O–H groups in total. The molecule has 0 saturated heterocycles. The summed E-state index contributed by atoms with van der Waals surface area (Å²) in [5.41, 5.74) is 1.15. The Hall–Kier alpha value is -1.53. The van der Waals surface area contributed by atoms with Crippen molar-refractivity contribution < 1.29 is 9.47 Å². The van der Waals surface area contributed by atoms with Gasteiger partial charge < -0.3 is 19.4 Å². The van der Waals surface area contributed by atoms with Crippen LogP contribution in [0.15, 0.2) is 29.0 Å². The van der Waals surface area contributed by atoms with Crippen LogP contribution in [-0.4, -0.2) is 30.3 Å². The number of aromatic nitrogens is 2. The highest BCUT2D eigenvalue weighted by atomic mass is 79.9. The van der Waals surface area contributed by atoms with Gasteiger partial charge in [0.05, 0.1) is 14.2 Å². The minimum Gasteiger partial charge on any atom is -0.493 e. The van der Waals surface area contributed by atoms with Gasteiger partial charge in [0.2, 0.25) is 0 Å². The first-order valence-corrected chi connectivity index (χ1v) is 8.43. The molecular formula is C17H24BrN3O2. The molecule has 23 heavy (non-hydrogen) atoms. The van der Waals surface area contributed by atoms with Crippen molar-refractivity contribution in [1.29, 1.82) is 0 Å². The third-order valence-electron chi connectivity index (χ3n) is 3.79. The maximum Gasteiger partial charge on any atom is 0.161 e. The van der Waals surface area contributed by atoms with Crippen LogP contribution in [0.4, 0.5) is 0 Å². The predicted octanol–water partition coefficient (Wildman–Crippen LogP) is 3.40. The van der Waals surface area contributed by atoms with E-state index in [-0.39, 0.29) is 0 Å². The minimum absolute atomic E-state index is 0.516. The van der Waals surface area contributed by atoms with Gasteiger partial charge in [0.25, 0.3) is 0 Å². The second-order valence-corrected chi connectivity index (χ2v) is 6.52. The van der Waals surface area contributed by atoms with Crippen LogP contribution in [0.5, 0.6) is 11.5 Å². The van der Waals surface area contributed by atoms with E-state index in [2.05, 4.69) is 37.7 Å². The summed E-state index contributed by atoms with van der Waals surface area (Å²) >= 11 is 3.59. The highest BCUT2D eigenvalue weighted by Gasteiger charge is 2.10. The number of hydrogen-bond acceptors (Lipinski definition) is 4. The lowest BCUT2D eigenvalue weighted by Crippen LogP contribution is -2.24. The molecule has 126 valence electrons. The first-order chi connectivity index (χ1) is 11.0. The topological polar surface area (TPSA) is 48.3 Å². The number of hydrogen-bond donors (Lipinski definition) is 1. The summed E-state index contributed by atoms with van der Waals surface area (Å²) in [6.07, 6.45) is 3.87. The molecule has 6 heteroatoms. The fourth-order valence-corrected chi connectivity index (χ4v) is 2.94. The SMILES string of the molecule is COc1cc(Br)c(CNCC(C)Cn2ccnc2C)cc1OC. The zero-order valence-corrected chi connectivity index (χ0v) is 15.7. The van der Waals surface area contributed by atoms with E-state index in [4.69, 9.17) is 9.47 Å². The molecule has 0 aliphatic carbocycles. The summed E-state index contributed by atoms with van der Waals surface area (Å²) in [7, 11) is 3.29. The smallest absolute Gasteiger partial charge is 0.161 e. The van der Waals surface area contributed by atoms with Crippen molar-refractivity contribution in [2.45, 2.75) is 26.9 Å². The van der Waals surface area contributed by atoms with Crippen LogP contribution in [0.25, 0.3) is 0 Å². The highest BCUT2D eigenvalue weighted by molar-refractivity contribution is 9.10. The number of methoxy groups -OCH3 is 2. The average molecular weight is 382 g/mol. The van der Waals surface area contributed by atoms with Crippen LogP contribution in [-0.2, 0) is 13.1 Å². The second kappa shape index (κ2) is 8.36. The minimum atomic E-state index is 0.516. The molecule has 1 atom stereocenters. The van der Waals surface area contributed by atoms with Gasteiger partial charge in [-0.15, -0.1) is 0 Å². The Morgan fingerprint density at radius 3 is 2.57 bits per heavy atom. The number of imidazole rings is 1. The first-order valence-electron chi connectivity index (χ1n) is 7.64. The van der Waals surface area contributed by atoms with E-state index in [0.717, 1.165) is 47.0 Å². The molecule has 0 amide bonds. The fraction of sp³-hybridized carbons (Fsp3) is 0.471. The molecule has 2 aromatic rings. The summed E-state index contributed by atoms with van der Waals surface area (Å²) < 4.78 is 13.9. The van der Waals surface area contributed by atoms with E-state index in [9.17, 15) is 0 Å². The molecule has 0 bridgehead atoms. The number of nitrogens with one attached hydrogen (secondary N) is 1. The summed E-state index contributed by atoms with van der Waals surface area (Å²) in [5.74, 6) is 3.04. The second-order valence-electron chi connectivity index (χ2n) is 5.66. The third kappa shape index (κ3) is 4.72. The normalized spacial score (nSPS) is 12.2. The molecule has 0 radical (unpaired) electrons. The van der Waals surface area contributed by atoms with Gasteiger partial charge in [-0.05, 0) is 37.1 Å². The molecule has 0 spiro atoms. The van der Waals surface area contributed by atoms with Crippen LogP contribution in [0, 0.1) is 12.8 Å². The maximum atomic E-state index is 5.36. The van der Waals surface area contributed by atoms with Gasteiger partial charge in [0.15, 0.2) is 11.5 Å². The lowest BCUT2D eigenvalue weighted by Gasteiger charge is -2.16. The molecule has 1 unspecified atom stereocenters. The third-order valence-corrected chi connectivity index (χ3v) is 4.53. The van der Waals surface area contributed by atoms with Gasteiger partial charge in [-0.1, -0.05) is 22.9 Å². The van der Waals surface area contributed by atoms with E-state index in [0.29, 0.717) is 5.92 Å². The Balaban J connectivity index is 1.89.